The fraction of sp³-hybridized carbons (Fsp3) is 0.364. The molecule has 0 saturated carbocycles. The van der Waals surface area contributed by atoms with E-state index in [2.05, 4.69) is 15.6 Å². The van der Waals surface area contributed by atoms with E-state index in [0.717, 1.165) is 5.69 Å². The molecule has 2 aromatic heterocycles. The molecule has 0 saturated heterocycles. The van der Waals surface area contributed by atoms with Crippen LogP contribution in [-0.2, 0) is 16.0 Å². The van der Waals surface area contributed by atoms with Crippen molar-refractivity contribution in [3.05, 3.63) is 28.7 Å². The largest absolute Gasteiger partial charge is 0.447 e. The van der Waals surface area contributed by atoms with Crippen molar-refractivity contribution in [3.8, 4) is 5.69 Å². The third kappa shape index (κ3) is 4.04. The van der Waals surface area contributed by atoms with Crippen molar-refractivity contribution in [2.24, 2.45) is 0 Å². The maximum absolute atomic E-state index is 11.3. The molecule has 0 unspecified atom stereocenters. The highest BCUT2D eigenvalue weighted by atomic mass is 32.1. The molecule has 19 heavy (non-hydrogen) atoms. The summed E-state index contributed by atoms with van der Waals surface area (Å²) in [5.74, 6) is 0. The second kappa shape index (κ2) is 6.86. The molecule has 0 atom stereocenters. The van der Waals surface area contributed by atoms with Gasteiger partial charge >= 0.3 is 6.09 Å². The summed E-state index contributed by atoms with van der Waals surface area (Å²) < 4.78 is 11.3. The van der Waals surface area contributed by atoms with E-state index in [1.54, 1.807) is 29.3 Å². The van der Waals surface area contributed by atoms with Gasteiger partial charge in [0.15, 0.2) is 0 Å². The fourth-order valence-electron chi connectivity index (χ4n) is 1.32. The zero-order valence-electron chi connectivity index (χ0n) is 10.4. The summed E-state index contributed by atoms with van der Waals surface area (Å²) in [6.45, 7) is 0.877. The van der Waals surface area contributed by atoms with Gasteiger partial charge in [-0.05, 0) is 11.4 Å². The standard InChI is InChI=1S/C11H14N4O3S/c1-17-3-4-18-11(16)12-6-9-7-15(14-13-9)10-2-5-19-8-10/h2,5,7-8H,3-4,6H2,1H3,(H,12,16). The van der Waals surface area contributed by atoms with E-state index >= 15 is 0 Å². The molecule has 0 aromatic carbocycles. The molecule has 1 N–H and O–H groups in total. The number of methoxy groups -OCH3 is 1. The molecule has 0 aliphatic heterocycles. The van der Waals surface area contributed by atoms with Gasteiger partial charge < -0.3 is 14.8 Å². The predicted molar refractivity (Wildman–Crippen MR) is 69.3 cm³/mol. The van der Waals surface area contributed by atoms with Crippen molar-refractivity contribution in [1.82, 2.24) is 20.3 Å². The van der Waals surface area contributed by atoms with Gasteiger partial charge in [-0.15, -0.1) is 5.10 Å². The van der Waals surface area contributed by atoms with Crippen molar-refractivity contribution in [1.29, 1.82) is 0 Å². The zero-order valence-corrected chi connectivity index (χ0v) is 11.2. The molecule has 0 aliphatic carbocycles. The SMILES string of the molecule is COCCOC(=O)NCc1cn(-c2ccsc2)nn1. The minimum absolute atomic E-state index is 0.226. The van der Waals surface area contributed by atoms with Crippen LogP contribution < -0.4 is 5.32 Å². The topological polar surface area (TPSA) is 78.3 Å². The first kappa shape index (κ1) is 13.5. The highest BCUT2D eigenvalue weighted by molar-refractivity contribution is 7.08. The lowest BCUT2D eigenvalue weighted by Crippen LogP contribution is -2.25. The number of alkyl carbamates (subject to hydrolysis) is 1. The normalized spacial score (nSPS) is 10.4. The fourth-order valence-corrected chi connectivity index (χ4v) is 1.95. The molecule has 7 nitrogen and oxygen atoms in total. The van der Waals surface area contributed by atoms with Gasteiger partial charge in [-0.3, -0.25) is 0 Å². The maximum Gasteiger partial charge on any atom is 0.407 e. The Balaban J connectivity index is 1.79. The summed E-state index contributed by atoms with van der Waals surface area (Å²) in [6, 6.07) is 1.94. The molecule has 8 heteroatoms. The summed E-state index contributed by atoms with van der Waals surface area (Å²) in [6.07, 6.45) is 1.26. The third-order valence-electron chi connectivity index (χ3n) is 2.25. The summed E-state index contributed by atoms with van der Waals surface area (Å²) in [5, 5.41) is 14.4. The minimum Gasteiger partial charge on any atom is -0.447 e. The van der Waals surface area contributed by atoms with Crippen molar-refractivity contribution >= 4 is 17.4 Å². The Kier molecular flexibility index (Phi) is 4.87. The van der Waals surface area contributed by atoms with Crippen LogP contribution in [0.3, 0.4) is 0 Å². The molecule has 1 amide bonds. The first-order valence-electron chi connectivity index (χ1n) is 5.63. The highest BCUT2D eigenvalue weighted by Gasteiger charge is 2.06. The molecule has 0 fully saturated rings. The second-order valence-electron chi connectivity index (χ2n) is 3.62. The molecule has 0 spiro atoms. The number of nitrogens with zero attached hydrogens (tertiary/aromatic N) is 3. The minimum atomic E-state index is -0.498. The lowest BCUT2D eigenvalue weighted by molar-refractivity contribution is 0.0982. The lowest BCUT2D eigenvalue weighted by atomic mass is 10.4. The van der Waals surface area contributed by atoms with Gasteiger partial charge in [0.05, 0.1) is 25.0 Å². The van der Waals surface area contributed by atoms with E-state index < -0.39 is 6.09 Å². The Labute approximate surface area is 114 Å². The van der Waals surface area contributed by atoms with E-state index in [0.29, 0.717) is 12.3 Å². The van der Waals surface area contributed by atoms with Crippen LogP contribution in [0.5, 0.6) is 0 Å². The number of thiophene rings is 1. The number of hydrogen-bond donors (Lipinski definition) is 1. The number of amides is 1. The second-order valence-corrected chi connectivity index (χ2v) is 4.40. The van der Waals surface area contributed by atoms with Crippen molar-refractivity contribution in [3.63, 3.8) is 0 Å². The van der Waals surface area contributed by atoms with E-state index in [1.807, 2.05) is 16.8 Å². The molecule has 2 rings (SSSR count). The highest BCUT2D eigenvalue weighted by Crippen LogP contribution is 2.10. The van der Waals surface area contributed by atoms with Crippen LogP contribution in [0.25, 0.3) is 5.69 Å². The molecular weight excluding hydrogens is 268 g/mol. The number of carbonyl (C=O) groups excluding carboxylic acids is 1. The Morgan fingerprint density at radius 2 is 2.42 bits per heavy atom. The van der Waals surface area contributed by atoms with Gasteiger partial charge in [-0.25, -0.2) is 9.48 Å². The smallest absolute Gasteiger partial charge is 0.407 e. The Hall–Kier alpha value is -1.93. The van der Waals surface area contributed by atoms with Crippen LogP contribution in [-0.4, -0.2) is 41.4 Å². The number of nitrogens with one attached hydrogen (secondary N) is 1. The monoisotopic (exact) mass is 282 g/mol. The number of ether oxygens (including phenoxy) is 2. The number of carbonyl (C=O) groups is 1. The maximum atomic E-state index is 11.3. The average Bonchev–Trinajstić information content (AvgIpc) is 3.07. The first-order chi connectivity index (χ1) is 9.29. The van der Waals surface area contributed by atoms with Gasteiger partial charge in [0.1, 0.15) is 12.3 Å². The van der Waals surface area contributed by atoms with Crippen molar-refractivity contribution < 1.29 is 14.3 Å². The first-order valence-corrected chi connectivity index (χ1v) is 6.57. The van der Waals surface area contributed by atoms with Gasteiger partial charge in [-0.1, -0.05) is 5.21 Å². The molecule has 2 aromatic rings. The van der Waals surface area contributed by atoms with Gasteiger partial charge in [-0.2, -0.15) is 11.3 Å². The van der Waals surface area contributed by atoms with Gasteiger partial charge in [0.25, 0.3) is 0 Å². The average molecular weight is 282 g/mol. The molecule has 0 radical (unpaired) electrons. The van der Waals surface area contributed by atoms with Crippen LogP contribution in [0, 0.1) is 0 Å². The van der Waals surface area contributed by atoms with E-state index in [1.165, 1.54) is 0 Å². The van der Waals surface area contributed by atoms with Gasteiger partial charge in [0.2, 0.25) is 0 Å². The Morgan fingerprint density at radius 1 is 1.53 bits per heavy atom. The molecule has 2 heterocycles. The number of rotatable bonds is 6. The van der Waals surface area contributed by atoms with Crippen molar-refractivity contribution in [2.45, 2.75) is 6.54 Å². The van der Waals surface area contributed by atoms with Crippen LogP contribution >= 0.6 is 11.3 Å². The molecule has 0 aliphatic rings. The Bertz CT molecular complexity index is 512. The summed E-state index contributed by atoms with van der Waals surface area (Å²) >= 11 is 1.58. The Morgan fingerprint density at radius 3 is 3.16 bits per heavy atom. The molecule has 102 valence electrons. The van der Waals surface area contributed by atoms with E-state index in [4.69, 9.17) is 9.47 Å². The van der Waals surface area contributed by atoms with Crippen LogP contribution in [0.4, 0.5) is 4.79 Å². The van der Waals surface area contributed by atoms with Crippen LogP contribution in [0.15, 0.2) is 23.0 Å². The van der Waals surface area contributed by atoms with E-state index in [9.17, 15) is 4.79 Å². The quantitative estimate of drug-likeness (QED) is 0.805. The predicted octanol–water partition coefficient (Wildman–Crippen LogP) is 1.20. The van der Waals surface area contributed by atoms with Crippen molar-refractivity contribution in [2.75, 3.05) is 20.3 Å². The zero-order chi connectivity index (χ0) is 13.5. The molecular formula is C11H14N4O3S. The number of aromatic nitrogens is 3. The summed E-state index contributed by atoms with van der Waals surface area (Å²) in [5.41, 5.74) is 1.61. The molecule has 0 bridgehead atoms. The summed E-state index contributed by atoms with van der Waals surface area (Å²) in [4.78, 5) is 11.3. The van der Waals surface area contributed by atoms with Crippen LogP contribution in [0.2, 0.25) is 0 Å². The number of hydrogen-bond acceptors (Lipinski definition) is 6. The van der Waals surface area contributed by atoms with E-state index in [-0.39, 0.29) is 13.2 Å². The van der Waals surface area contributed by atoms with Gasteiger partial charge in [0, 0.05) is 12.5 Å². The summed E-state index contributed by atoms with van der Waals surface area (Å²) in [7, 11) is 1.55. The lowest BCUT2D eigenvalue weighted by Gasteiger charge is -2.04. The third-order valence-corrected chi connectivity index (χ3v) is 2.92. The van der Waals surface area contributed by atoms with Crippen LogP contribution in [0.1, 0.15) is 5.69 Å².